The van der Waals surface area contributed by atoms with E-state index in [4.69, 9.17) is 9.47 Å². The van der Waals surface area contributed by atoms with Crippen molar-refractivity contribution >= 4 is 0 Å². The second-order valence-electron chi connectivity index (χ2n) is 7.76. The fourth-order valence-corrected chi connectivity index (χ4v) is 2.07. The van der Waals surface area contributed by atoms with Crippen LogP contribution in [0.5, 0.6) is 0 Å². The standard InChI is InChI=1S/C17H36O2/c1-9-13-18-17(16(6,7)8,19-14-10-2)12-11-15(3,4)5/h9-14H2,1-8H3. The lowest BCUT2D eigenvalue weighted by atomic mass is 9.78. The van der Waals surface area contributed by atoms with Crippen LogP contribution in [-0.4, -0.2) is 19.0 Å². The van der Waals surface area contributed by atoms with Crippen LogP contribution in [0.3, 0.4) is 0 Å². The lowest BCUT2D eigenvalue weighted by Crippen LogP contribution is -2.49. The van der Waals surface area contributed by atoms with Crippen molar-refractivity contribution in [2.75, 3.05) is 13.2 Å². The van der Waals surface area contributed by atoms with E-state index < -0.39 is 5.79 Å². The van der Waals surface area contributed by atoms with E-state index in [0.717, 1.165) is 38.9 Å². The topological polar surface area (TPSA) is 18.5 Å². The minimum atomic E-state index is -0.452. The molecule has 0 aliphatic rings. The van der Waals surface area contributed by atoms with Crippen molar-refractivity contribution < 1.29 is 9.47 Å². The highest BCUT2D eigenvalue weighted by molar-refractivity contribution is 4.86. The molecule has 0 unspecified atom stereocenters. The Hall–Kier alpha value is -0.0800. The van der Waals surface area contributed by atoms with E-state index in [1.54, 1.807) is 0 Å². The smallest absolute Gasteiger partial charge is 0.173 e. The third-order valence-corrected chi connectivity index (χ3v) is 3.43. The van der Waals surface area contributed by atoms with Gasteiger partial charge in [-0.3, -0.25) is 0 Å². The summed E-state index contributed by atoms with van der Waals surface area (Å²) in [5.41, 5.74) is 0.296. The van der Waals surface area contributed by atoms with Gasteiger partial charge >= 0.3 is 0 Å². The average Bonchev–Trinajstić information content (AvgIpc) is 2.25. The highest BCUT2D eigenvalue weighted by Gasteiger charge is 2.44. The Morgan fingerprint density at radius 2 is 1.11 bits per heavy atom. The lowest BCUT2D eigenvalue weighted by molar-refractivity contribution is -0.294. The zero-order valence-electron chi connectivity index (χ0n) is 14.6. The summed E-state index contributed by atoms with van der Waals surface area (Å²) < 4.78 is 12.4. The fourth-order valence-electron chi connectivity index (χ4n) is 2.07. The molecule has 0 fully saturated rings. The summed E-state index contributed by atoms with van der Waals surface area (Å²) >= 11 is 0. The molecule has 0 N–H and O–H groups in total. The predicted molar refractivity (Wildman–Crippen MR) is 83.4 cm³/mol. The normalized spacial score (nSPS) is 13.9. The number of hydrogen-bond donors (Lipinski definition) is 0. The summed E-state index contributed by atoms with van der Waals surface area (Å²) in [6, 6.07) is 0. The van der Waals surface area contributed by atoms with Crippen LogP contribution in [0.15, 0.2) is 0 Å². The van der Waals surface area contributed by atoms with Crippen LogP contribution < -0.4 is 0 Å². The van der Waals surface area contributed by atoms with Gasteiger partial charge in [0.05, 0.1) is 0 Å². The Morgan fingerprint density at radius 1 is 0.684 bits per heavy atom. The van der Waals surface area contributed by atoms with Gasteiger partial charge in [0.15, 0.2) is 5.79 Å². The van der Waals surface area contributed by atoms with Gasteiger partial charge in [0, 0.05) is 25.0 Å². The van der Waals surface area contributed by atoms with Gasteiger partial charge in [0.25, 0.3) is 0 Å². The second kappa shape index (κ2) is 7.64. The molecule has 0 aromatic rings. The molecule has 0 saturated heterocycles. The molecular formula is C17H36O2. The lowest BCUT2D eigenvalue weighted by Gasteiger charge is -2.45. The Morgan fingerprint density at radius 3 is 1.37 bits per heavy atom. The van der Waals surface area contributed by atoms with Crippen LogP contribution in [0.1, 0.15) is 81.1 Å². The first-order valence-electron chi connectivity index (χ1n) is 7.86. The molecule has 0 radical (unpaired) electrons. The Balaban J connectivity index is 5.00. The quantitative estimate of drug-likeness (QED) is 0.550. The van der Waals surface area contributed by atoms with Gasteiger partial charge in [-0.2, -0.15) is 0 Å². The van der Waals surface area contributed by atoms with Crippen molar-refractivity contribution in [1.29, 1.82) is 0 Å². The SMILES string of the molecule is CCCOC(CCC(C)(C)C)(OCCC)C(C)(C)C. The number of ether oxygens (including phenoxy) is 2. The highest BCUT2D eigenvalue weighted by atomic mass is 16.7. The first kappa shape index (κ1) is 18.9. The summed E-state index contributed by atoms with van der Waals surface area (Å²) in [5.74, 6) is -0.452. The van der Waals surface area contributed by atoms with Crippen molar-refractivity contribution in [1.82, 2.24) is 0 Å². The van der Waals surface area contributed by atoms with E-state index in [-0.39, 0.29) is 5.41 Å². The molecule has 0 aliphatic carbocycles. The molecule has 116 valence electrons. The van der Waals surface area contributed by atoms with Crippen LogP contribution in [-0.2, 0) is 9.47 Å². The fraction of sp³-hybridized carbons (Fsp3) is 1.00. The van der Waals surface area contributed by atoms with Gasteiger partial charge in [0.1, 0.15) is 0 Å². The van der Waals surface area contributed by atoms with Gasteiger partial charge in [-0.1, -0.05) is 55.4 Å². The molecule has 0 saturated carbocycles. The zero-order chi connectivity index (χ0) is 15.2. The molecule has 0 rings (SSSR count). The van der Waals surface area contributed by atoms with E-state index in [1.807, 2.05) is 0 Å². The van der Waals surface area contributed by atoms with Gasteiger partial charge in [-0.25, -0.2) is 0 Å². The molecule has 0 aromatic carbocycles. The first-order valence-corrected chi connectivity index (χ1v) is 7.86. The van der Waals surface area contributed by atoms with Crippen LogP contribution in [0.25, 0.3) is 0 Å². The van der Waals surface area contributed by atoms with Gasteiger partial charge in [-0.05, 0) is 24.7 Å². The number of rotatable bonds is 8. The maximum atomic E-state index is 6.22. The molecule has 0 atom stereocenters. The van der Waals surface area contributed by atoms with Crippen molar-refractivity contribution in [2.24, 2.45) is 10.8 Å². The van der Waals surface area contributed by atoms with Crippen LogP contribution in [0.4, 0.5) is 0 Å². The third kappa shape index (κ3) is 6.76. The van der Waals surface area contributed by atoms with Gasteiger partial charge < -0.3 is 9.47 Å². The molecule has 0 spiro atoms. The molecule has 0 bridgehead atoms. The average molecular weight is 272 g/mol. The summed E-state index contributed by atoms with van der Waals surface area (Å²) in [5, 5.41) is 0. The monoisotopic (exact) mass is 272 g/mol. The molecule has 0 aliphatic heterocycles. The van der Waals surface area contributed by atoms with Gasteiger partial charge in [-0.15, -0.1) is 0 Å². The first-order chi connectivity index (χ1) is 8.58. The molecule has 0 aromatic heterocycles. The maximum absolute atomic E-state index is 6.22. The summed E-state index contributed by atoms with van der Waals surface area (Å²) in [6.07, 6.45) is 4.13. The van der Waals surface area contributed by atoms with Gasteiger partial charge in [0.2, 0.25) is 0 Å². The van der Waals surface area contributed by atoms with E-state index in [1.165, 1.54) is 0 Å². The largest absolute Gasteiger partial charge is 0.349 e. The minimum Gasteiger partial charge on any atom is -0.349 e. The second-order valence-corrected chi connectivity index (χ2v) is 7.76. The molecular weight excluding hydrogens is 236 g/mol. The van der Waals surface area contributed by atoms with Crippen LogP contribution in [0, 0.1) is 10.8 Å². The Labute approximate surface area is 121 Å². The number of hydrogen-bond acceptors (Lipinski definition) is 2. The summed E-state index contributed by atoms with van der Waals surface area (Å²) in [6.45, 7) is 19.3. The van der Waals surface area contributed by atoms with E-state index in [0.29, 0.717) is 5.41 Å². The molecule has 0 amide bonds. The molecule has 19 heavy (non-hydrogen) atoms. The molecule has 2 heteroatoms. The van der Waals surface area contributed by atoms with Crippen LogP contribution >= 0.6 is 0 Å². The van der Waals surface area contributed by atoms with Crippen molar-refractivity contribution in [3.63, 3.8) is 0 Å². The van der Waals surface area contributed by atoms with Crippen molar-refractivity contribution in [3.05, 3.63) is 0 Å². The predicted octanol–water partition coefficient (Wildman–Crippen LogP) is 5.41. The highest BCUT2D eigenvalue weighted by Crippen LogP contribution is 2.41. The summed E-state index contributed by atoms with van der Waals surface area (Å²) in [4.78, 5) is 0. The molecule has 0 heterocycles. The van der Waals surface area contributed by atoms with Crippen LogP contribution in [0.2, 0.25) is 0 Å². The minimum absolute atomic E-state index is 0.0113. The van der Waals surface area contributed by atoms with Crippen molar-refractivity contribution in [3.8, 4) is 0 Å². The molecule has 2 nitrogen and oxygen atoms in total. The Kier molecular flexibility index (Phi) is 7.60. The van der Waals surface area contributed by atoms with E-state index >= 15 is 0 Å². The van der Waals surface area contributed by atoms with Crippen molar-refractivity contribution in [2.45, 2.75) is 86.9 Å². The third-order valence-electron chi connectivity index (χ3n) is 3.43. The summed E-state index contributed by atoms with van der Waals surface area (Å²) in [7, 11) is 0. The van der Waals surface area contributed by atoms with E-state index in [9.17, 15) is 0 Å². The zero-order valence-corrected chi connectivity index (χ0v) is 14.6. The van der Waals surface area contributed by atoms with E-state index in [2.05, 4.69) is 55.4 Å². The Bertz CT molecular complexity index is 225. The maximum Gasteiger partial charge on any atom is 0.173 e.